The molecule has 3 fully saturated rings. The topological polar surface area (TPSA) is 0 Å². The summed E-state index contributed by atoms with van der Waals surface area (Å²) in [6, 6.07) is 0. The molecule has 0 radical (unpaired) electrons. The van der Waals surface area contributed by atoms with Crippen molar-refractivity contribution in [1.29, 1.82) is 0 Å². The number of fused-ring (bicyclic) bond motifs is 6. The molecular formula is C20H30. The van der Waals surface area contributed by atoms with Crippen LogP contribution in [0, 0.1) is 35.5 Å². The van der Waals surface area contributed by atoms with Crippen molar-refractivity contribution in [2.45, 2.75) is 64.2 Å². The van der Waals surface area contributed by atoms with Gasteiger partial charge in [0, 0.05) is 0 Å². The minimum atomic E-state index is 0.985. The van der Waals surface area contributed by atoms with Crippen LogP contribution in [-0.4, -0.2) is 0 Å². The number of hydrogen-bond donors (Lipinski definition) is 0. The lowest BCUT2D eigenvalue weighted by atomic mass is 9.73. The van der Waals surface area contributed by atoms with Crippen molar-refractivity contribution in [1.82, 2.24) is 0 Å². The van der Waals surface area contributed by atoms with E-state index in [2.05, 4.69) is 24.3 Å². The zero-order valence-corrected chi connectivity index (χ0v) is 12.8. The molecular weight excluding hydrogens is 240 g/mol. The molecule has 0 aromatic heterocycles. The monoisotopic (exact) mass is 270 g/mol. The Labute approximate surface area is 124 Å². The van der Waals surface area contributed by atoms with Gasteiger partial charge in [0.2, 0.25) is 0 Å². The highest BCUT2D eigenvalue weighted by molar-refractivity contribution is 5.05. The van der Waals surface area contributed by atoms with Gasteiger partial charge in [0.15, 0.2) is 0 Å². The van der Waals surface area contributed by atoms with Crippen molar-refractivity contribution in [3.63, 3.8) is 0 Å². The van der Waals surface area contributed by atoms with E-state index in [1.165, 1.54) is 44.9 Å². The lowest BCUT2D eigenvalue weighted by molar-refractivity contribution is 0.216. The highest BCUT2D eigenvalue weighted by atomic mass is 14.5. The van der Waals surface area contributed by atoms with Gasteiger partial charge in [-0.25, -0.2) is 0 Å². The Morgan fingerprint density at radius 3 is 2.00 bits per heavy atom. The predicted molar refractivity (Wildman–Crippen MR) is 85.4 cm³/mol. The Bertz CT molecular complexity index is 371. The average molecular weight is 270 g/mol. The van der Waals surface area contributed by atoms with Crippen LogP contribution in [0.2, 0.25) is 0 Å². The summed E-state index contributed by atoms with van der Waals surface area (Å²) >= 11 is 0. The number of allylic oxidation sites excluding steroid dienone is 4. The molecule has 0 aliphatic heterocycles. The Hall–Kier alpha value is -0.520. The molecule has 5 aliphatic carbocycles. The Kier molecular flexibility index (Phi) is 3.75. The van der Waals surface area contributed by atoms with E-state index in [9.17, 15) is 0 Å². The fourth-order valence-corrected chi connectivity index (χ4v) is 5.98. The maximum Gasteiger partial charge on any atom is -0.0202 e. The van der Waals surface area contributed by atoms with Crippen LogP contribution in [-0.2, 0) is 0 Å². The Morgan fingerprint density at radius 1 is 0.600 bits per heavy atom. The molecule has 0 heteroatoms. The minimum absolute atomic E-state index is 0.985. The minimum Gasteiger partial charge on any atom is -0.0882 e. The molecule has 6 unspecified atom stereocenters. The molecule has 0 aromatic rings. The van der Waals surface area contributed by atoms with Gasteiger partial charge in [-0.2, -0.15) is 0 Å². The molecule has 20 heavy (non-hydrogen) atoms. The zero-order chi connectivity index (χ0) is 13.4. The van der Waals surface area contributed by atoms with Gasteiger partial charge >= 0.3 is 0 Å². The maximum absolute atomic E-state index is 2.43. The molecule has 2 bridgehead atoms. The normalized spacial score (nSPS) is 47.6. The van der Waals surface area contributed by atoms with E-state index in [4.69, 9.17) is 0 Å². The Balaban J connectivity index is 0.000000108. The third-order valence-corrected chi connectivity index (χ3v) is 7.05. The van der Waals surface area contributed by atoms with Crippen LogP contribution in [0.5, 0.6) is 0 Å². The summed E-state index contributed by atoms with van der Waals surface area (Å²) in [7, 11) is 0. The average Bonchev–Trinajstić information content (AvgIpc) is 3.24. The summed E-state index contributed by atoms with van der Waals surface area (Å²) in [5.41, 5.74) is 0. The fourth-order valence-electron chi connectivity index (χ4n) is 5.98. The molecule has 0 N–H and O–H groups in total. The van der Waals surface area contributed by atoms with Crippen molar-refractivity contribution in [2.24, 2.45) is 35.5 Å². The molecule has 0 nitrogen and oxygen atoms in total. The van der Waals surface area contributed by atoms with Gasteiger partial charge in [0.05, 0.1) is 0 Å². The van der Waals surface area contributed by atoms with Gasteiger partial charge in [-0.3, -0.25) is 0 Å². The first-order chi connectivity index (χ1) is 9.92. The standard InChI is InChI=1S/C11H16.C9H14/c1-2-4-11-9-6-5-8(7-9)10(11)3-1;1-2-5-9-7-3-6-8(9)4-1/h1-2,8-11H,3-7H2;3,6,8-9H,1-2,4-5,7H2. The van der Waals surface area contributed by atoms with Gasteiger partial charge in [0.25, 0.3) is 0 Å². The summed E-state index contributed by atoms with van der Waals surface area (Å²) < 4.78 is 0. The van der Waals surface area contributed by atoms with Gasteiger partial charge in [0.1, 0.15) is 0 Å². The van der Waals surface area contributed by atoms with E-state index in [1.807, 2.05) is 0 Å². The first kappa shape index (κ1) is 13.2. The van der Waals surface area contributed by atoms with Crippen LogP contribution in [0.15, 0.2) is 24.3 Å². The van der Waals surface area contributed by atoms with E-state index < -0.39 is 0 Å². The van der Waals surface area contributed by atoms with Crippen LogP contribution in [0.25, 0.3) is 0 Å². The van der Waals surface area contributed by atoms with Crippen LogP contribution >= 0.6 is 0 Å². The lowest BCUT2D eigenvalue weighted by Crippen LogP contribution is -2.23. The number of hydrogen-bond acceptors (Lipinski definition) is 0. The maximum atomic E-state index is 2.43. The molecule has 3 saturated carbocycles. The van der Waals surface area contributed by atoms with E-state index >= 15 is 0 Å². The van der Waals surface area contributed by atoms with Gasteiger partial charge < -0.3 is 0 Å². The van der Waals surface area contributed by atoms with Crippen molar-refractivity contribution in [2.75, 3.05) is 0 Å². The van der Waals surface area contributed by atoms with Crippen LogP contribution in [0.3, 0.4) is 0 Å². The van der Waals surface area contributed by atoms with Gasteiger partial charge in [-0.15, -0.1) is 0 Å². The quantitative estimate of drug-likeness (QED) is 0.491. The highest BCUT2D eigenvalue weighted by Crippen LogP contribution is 2.55. The summed E-state index contributed by atoms with van der Waals surface area (Å²) in [4.78, 5) is 0. The summed E-state index contributed by atoms with van der Waals surface area (Å²) in [5, 5.41) is 0. The molecule has 0 saturated heterocycles. The third kappa shape index (κ3) is 2.40. The van der Waals surface area contributed by atoms with E-state index in [0.29, 0.717) is 0 Å². The van der Waals surface area contributed by atoms with Crippen LogP contribution in [0.4, 0.5) is 0 Å². The summed E-state index contributed by atoms with van der Waals surface area (Å²) in [6.07, 6.45) is 24.5. The van der Waals surface area contributed by atoms with Crippen molar-refractivity contribution in [3.05, 3.63) is 24.3 Å². The second kappa shape index (κ2) is 5.70. The Morgan fingerprint density at radius 2 is 1.30 bits per heavy atom. The second-order valence-electron chi connectivity index (χ2n) is 7.98. The second-order valence-corrected chi connectivity index (χ2v) is 7.98. The van der Waals surface area contributed by atoms with Gasteiger partial charge in [-0.05, 0) is 86.9 Å². The molecule has 5 rings (SSSR count). The molecule has 0 amide bonds. The largest absolute Gasteiger partial charge is 0.0882 e. The molecule has 5 aliphatic rings. The van der Waals surface area contributed by atoms with Crippen molar-refractivity contribution < 1.29 is 0 Å². The van der Waals surface area contributed by atoms with Crippen molar-refractivity contribution >= 4 is 0 Å². The highest BCUT2D eigenvalue weighted by Gasteiger charge is 2.46. The smallest absolute Gasteiger partial charge is 0.0202 e. The summed E-state index contributed by atoms with van der Waals surface area (Å²) in [5.74, 6) is 6.53. The predicted octanol–water partition coefficient (Wildman–Crippen LogP) is 5.75. The van der Waals surface area contributed by atoms with Crippen molar-refractivity contribution in [3.8, 4) is 0 Å². The molecule has 0 aromatic carbocycles. The van der Waals surface area contributed by atoms with E-state index in [0.717, 1.165) is 35.5 Å². The SMILES string of the molecule is C1=CC2CCCCC2C1.C1=CCC2C3CCC(C3)C2C1. The summed E-state index contributed by atoms with van der Waals surface area (Å²) in [6.45, 7) is 0. The molecule has 6 atom stereocenters. The van der Waals surface area contributed by atoms with Crippen LogP contribution < -0.4 is 0 Å². The molecule has 110 valence electrons. The van der Waals surface area contributed by atoms with E-state index in [-0.39, 0.29) is 0 Å². The van der Waals surface area contributed by atoms with E-state index in [1.54, 1.807) is 19.3 Å². The number of rotatable bonds is 0. The van der Waals surface area contributed by atoms with Gasteiger partial charge in [-0.1, -0.05) is 37.1 Å². The fraction of sp³-hybridized carbons (Fsp3) is 0.800. The molecule has 0 heterocycles. The molecule has 0 spiro atoms. The first-order valence-electron chi connectivity index (χ1n) is 9.23. The van der Waals surface area contributed by atoms with Crippen LogP contribution in [0.1, 0.15) is 64.2 Å². The third-order valence-electron chi connectivity index (χ3n) is 7.05. The first-order valence-corrected chi connectivity index (χ1v) is 9.23. The zero-order valence-electron chi connectivity index (χ0n) is 12.8. The lowest BCUT2D eigenvalue weighted by Gasteiger charge is -2.32.